The lowest BCUT2D eigenvalue weighted by atomic mass is 9.99. The molecule has 1 aliphatic heterocycles. The standard InChI is InChI=1S/C24H29BrFNO4/c1-15(2)30-23(28)22-20(7-5-6-19-14-29-24(3,4)31-19)21(25)17(13-27-22)12-16-8-10-18(26)11-9-16/h8-11,13,15,19H,5-7,12,14H2,1-4H3. The number of aromatic nitrogens is 1. The van der Waals surface area contributed by atoms with E-state index < -0.39 is 11.8 Å². The molecule has 2 heterocycles. The number of pyridine rings is 1. The van der Waals surface area contributed by atoms with Gasteiger partial charge in [0.05, 0.1) is 18.8 Å². The first-order chi connectivity index (χ1) is 14.6. The van der Waals surface area contributed by atoms with Crippen LogP contribution < -0.4 is 0 Å². The SMILES string of the molecule is CC(C)OC(=O)c1ncc(Cc2ccc(F)cc2)c(Br)c1CCCC1COC(C)(C)O1. The molecule has 0 bridgehead atoms. The maximum absolute atomic E-state index is 13.2. The lowest BCUT2D eigenvalue weighted by Gasteiger charge is -2.18. The number of nitrogens with zero attached hydrogens (tertiary/aromatic N) is 1. The van der Waals surface area contributed by atoms with E-state index in [1.807, 2.05) is 27.7 Å². The second-order valence-electron chi connectivity index (χ2n) is 8.52. The molecular formula is C24H29BrFNO4. The summed E-state index contributed by atoms with van der Waals surface area (Å²) >= 11 is 3.69. The van der Waals surface area contributed by atoms with Gasteiger partial charge in [-0.15, -0.1) is 0 Å². The molecule has 1 unspecified atom stereocenters. The molecule has 2 aromatic rings. The number of rotatable bonds is 8. The topological polar surface area (TPSA) is 57.7 Å². The van der Waals surface area contributed by atoms with Crippen LogP contribution >= 0.6 is 15.9 Å². The van der Waals surface area contributed by atoms with E-state index in [1.54, 1.807) is 18.3 Å². The number of hydrogen-bond donors (Lipinski definition) is 0. The Morgan fingerprint density at radius 2 is 2.03 bits per heavy atom. The van der Waals surface area contributed by atoms with Crippen molar-refractivity contribution < 1.29 is 23.4 Å². The zero-order valence-electron chi connectivity index (χ0n) is 18.4. The predicted octanol–water partition coefficient (Wildman–Crippen LogP) is 5.61. The molecule has 3 rings (SSSR count). The molecule has 1 fully saturated rings. The molecule has 0 spiro atoms. The molecule has 0 radical (unpaired) electrons. The fourth-order valence-corrected chi connectivity index (χ4v) is 4.23. The van der Waals surface area contributed by atoms with Crippen molar-refractivity contribution in [2.45, 2.75) is 71.4 Å². The molecular weight excluding hydrogens is 465 g/mol. The molecule has 1 saturated heterocycles. The van der Waals surface area contributed by atoms with Crippen LogP contribution in [0.1, 0.15) is 67.7 Å². The number of carbonyl (C=O) groups excluding carboxylic acids is 1. The fraction of sp³-hybridized carbons (Fsp3) is 0.500. The minimum Gasteiger partial charge on any atom is -0.458 e. The predicted molar refractivity (Wildman–Crippen MR) is 120 cm³/mol. The van der Waals surface area contributed by atoms with Gasteiger partial charge in [-0.2, -0.15) is 0 Å². The summed E-state index contributed by atoms with van der Waals surface area (Å²) in [5, 5.41) is 0. The Morgan fingerprint density at radius 3 is 2.65 bits per heavy atom. The van der Waals surface area contributed by atoms with E-state index in [4.69, 9.17) is 14.2 Å². The second-order valence-corrected chi connectivity index (χ2v) is 9.32. The highest BCUT2D eigenvalue weighted by molar-refractivity contribution is 9.10. The van der Waals surface area contributed by atoms with Crippen molar-refractivity contribution in [3.05, 3.63) is 63.1 Å². The Hall–Kier alpha value is -1.83. The highest BCUT2D eigenvalue weighted by Gasteiger charge is 2.32. The van der Waals surface area contributed by atoms with Crippen LogP contribution in [0.5, 0.6) is 0 Å². The Bertz CT molecular complexity index is 915. The molecule has 7 heteroatoms. The van der Waals surface area contributed by atoms with Crippen LogP contribution in [-0.4, -0.2) is 35.6 Å². The average Bonchev–Trinajstić information content (AvgIpc) is 3.04. The van der Waals surface area contributed by atoms with E-state index in [2.05, 4.69) is 20.9 Å². The lowest BCUT2D eigenvalue weighted by Crippen LogP contribution is -2.21. The Balaban J connectivity index is 1.79. The summed E-state index contributed by atoms with van der Waals surface area (Å²) in [6.45, 7) is 8.02. The molecule has 31 heavy (non-hydrogen) atoms. The van der Waals surface area contributed by atoms with E-state index in [-0.39, 0.29) is 18.0 Å². The van der Waals surface area contributed by atoms with E-state index >= 15 is 0 Å². The summed E-state index contributed by atoms with van der Waals surface area (Å²) in [6, 6.07) is 6.39. The van der Waals surface area contributed by atoms with Gasteiger partial charge in [-0.1, -0.05) is 28.1 Å². The molecule has 1 aliphatic rings. The molecule has 168 valence electrons. The third kappa shape index (κ3) is 6.57. The number of esters is 1. The molecule has 1 aromatic heterocycles. The van der Waals surface area contributed by atoms with Crippen LogP contribution in [-0.2, 0) is 27.1 Å². The Morgan fingerprint density at radius 1 is 1.32 bits per heavy atom. The van der Waals surface area contributed by atoms with Crippen molar-refractivity contribution in [2.75, 3.05) is 6.61 Å². The Kier molecular flexibility index (Phi) is 7.83. The van der Waals surface area contributed by atoms with Crippen molar-refractivity contribution in [1.82, 2.24) is 4.98 Å². The first-order valence-electron chi connectivity index (χ1n) is 10.6. The van der Waals surface area contributed by atoms with Gasteiger partial charge in [-0.25, -0.2) is 14.2 Å². The molecule has 0 amide bonds. The second kappa shape index (κ2) is 10.2. The fourth-order valence-electron chi connectivity index (χ4n) is 3.61. The van der Waals surface area contributed by atoms with Gasteiger partial charge in [-0.3, -0.25) is 0 Å². The zero-order valence-corrected chi connectivity index (χ0v) is 20.0. The van der Waals surface area contributed by atoms with E-state index in [1.165, 1.54) is 12.1 Å². The molecule has 0 aliphatic carbocycles. The minimum atomic E-state index is -0.548. The summed E-state index contributed by atoms with van der Waals surface area (Å²) in [4.78, 5) is 17.1. The Labute approximate surface area is 191 Å². The minimum absolute atomic E-state index is 0.0372. The third-order valence-corrected chi connectivity index (χ3v) is 6.03. The van der Waals surface area contributed by atoms with Crippen LogP contribution in [0.25, 0.3) is 0 Å². The highest BCUT2D eigenvalue weighted by Crippen LogP contribution is 2.30. The van der Waals surface area contributed by atoms with E-state index in [0.29, 0.717) is 25.1 Å². The summed E-state index contributed by atoms with van der Waals surface area (Å²) in [6.07, 6.45) is 4.34. The smallest absolute Gasteiger partial charge is 0.357 e. The normalized spacial score (nSPS) is 17.8. The number of ether oxygens (including phenoxy) is 3. The van der Waals surface area contributed by atoms with E-state index in [0.717, 1.165) is 34.0 Å². The molecule has 5 nitrogen and oxygen atoms in total. The van der Waals surface area contributed by atoms with Crippen LogP contribution in [0.4, 0.5) is 4.39 Å². The van der Waals surface area contributed by atoms with Gasteiger partial charge < -0.3 is 14.2 Å². The molecule has 0 N–H and O–H groups in total. The lowest BCUT2D eigenvalue weighted by molar-refractivity contribution is -0.139. The summed E-state index contributed by atoms with van der Waals surface area (Å²) < 4.78 is 31.0. The van der Waals surface area contributed by atoms with Gasteiger partial charge in [-0.05, 0) is 75.8 Å². The summed E-state index contributed by atoms with van der Waals surface area (Å²) in [5.74, 6) is -1.25. The third-order valence-electron chi connectivity index (χ3n) is 5.05. The van der Waals surface area contributed by atoms with Gasteiger partial charge >= 0.3 is 5.97 Å². The molecule has 0 saturated carbocycles. The van der Waals surface area contributed by atoms with Crippen molar-refractivity contribution >= 4 is 21.9 Å². The zero-order chi connectivity index (χ0) is 22.6. The monoisotopic (exact) mass is 493 g/mol. The van der Waals surface area contributed by atoms with Gasteiger partial charge in [0.1, 0.15) is 5.82 Å². The number of carbonyl (C=O) groups is 1. The first kappa shape index (κ1) is 23.8. The first-order valence-corrected chi connectivity index (χ1v) is 11.4. The summed E-state index contributed by atoms with van der Waals surface area (Å²) in [5.41, 5.74) is 3.05. The number of hydrogen-bond acceptors (Lipinski definition) is 5. The number of halogens is 2. The number of benzene rings is 1. The van der Waals surface area contributed by atoms with Crippen molar-refractivity contribution in [3.63, 3.8) is 0 Å². The summed E-state index contributed by atoms with van der Waals surface area (Å²) in [7, 11) is 0. The maximum atomic E-state index is 13.2. The van der Waals surface area contributed by atoms with Gasteiger partial charge in [0.2, 0.25) is 0 Å². The average molecular weight is 494 g/mol. The van der Waals surface area contributed by atoms with Crippen LogP contribution in [0.2, 0.25) is 0 Å². The highest BCUT2D eigenvalue weighted by atomic mass is 79.9. The van der Waals surface area contributed by atoms with Gasteiger partial charge in [0.15, 0.2) is 11.5 Å². The van der Waals surface area contributed by atoms with Crippen molar-refractivity contribution in [3.8, 4) is 0 Å². The van der Waals surface area contributed by atoms with Crippen LogP contribution in [0, 0.1) is 5.82 Å². The maximum Gasteiger partial charge on any atom is 0.357 e. The van der Waals surface area contributed by atoms with Gasteiger partial charge in [0, 0.05) is 17.1 Å². The quantitative estimate of drug-likeness (QED) is 0.447. The van der Waals surface area contributed by atoms with E-state index in [9.17, 15) is 9.18 Å². The molecule has 1 aromatic carbocycles. The largest absolute Gasteiger partial charge is 0.458 e. The van der Waals surface area contributed by atoms with Crippen LogP contribution in [0.3, 0.4) is 0 Å². The van der Waals surface area contributed by atoms with Gasteiger partial charge in [0.25, 0.3) is 0 Å². The van der Waals surface area contributed by atoms with Crippen molar-refractivity contribution in [2.24, 2.45) is 0 Å². The molecule has 1 atom stereocenters. The van der Waals surface area contributed by atoms with Crippen molar-refractivity contribution in [1.29, 1.82) is 0 Å². The van der Waals surface area contributed by atoms with Crippen LogP contribution in [0.15, 0.2) is 34.9 Å².